The van der Waals surface area contributed by atoms with E-state index in [2.05, 4.69) is 81.4 Å². The summed E-state index contributed by atoms with van der Waals surface area (Å²) in [5, 5.41) is 10.1. The number of aliphatic hydroxyl groups is 1. The van der Waals surface area contributed by atoms with Crippen molar-refractivity contribution in [2.45, 2.75) is 104 Å². The topological polar surface area (TPSA) is 29.5 Å². The SMILES string of the molecule is C[C@H](Cl)[C@H](Cl)[C@@H](O)[C@H](Cl)[C@@H](Cl)[C@H](Cl)CCCCCCCO[Si](c1ccccc1)(c1ccccc1)C(C)(C)C. The van der Waals surface area contributed by atoms with Gasteiger partial charge in [-0.25, -0.2) is 0 Å². The first-order valence-electron chi connectivity index (χ1n) is 13.6. The van der Waals surface area contributed by atoms with Gasteiger partial charge in [-0.2, -0.15) is 0 Å². The third kappa shape index (κ3) is 9.28. The van der Waals surface area contributed by atoms with Gasteiger partial charge in [0.1, 0.15) is 0 Å². The average Bonchev–Trinajstić information content (AvgIpc) is 2.90. The maximum atomic E-state index is 10.3. The highest BCUT2D eigenvalue weighted by atomic mass is 35.5. The number of aliphatic hydroxyl groups excluding tert-OH is 1. The van der Waals surface area contributed by atoms with E-state index in [4.69, 9.17) is 62.4 Å². The molecule has 0 aliphatic rings. The molecule has 0 bridgehead atoms. The number of unbranched alkanes of at least 4 members (excludes halogenated alkanes) is 4. The summed E-state index contributed by atoms with van der Waals surface area (Å²) >= 11 is 31.4. The first kappa shape index (κ1) is 34.2. The van der Waals surface area contributed by atoms with E-state index in [1.54, 1.807) is 6.92 Å². The second-order valence-corrected chi connectivity index (χ2v) is 18.2. The summed E-state index contributed by atoms with van der Waals surface area (Å²) in [7, 11) is -2.47. The van der Waals surface area contributed by atoms with Crippen LogP contribution in [0.1, 0.15) is 66.2 Å². The lowest BCUT2D eigenvalue weighted by atomic mass is 10.0. The van der Waals surface area contributed by atoms with Gasteiger partial charge in [-0.3, -0.25) is 0 Å². The van der Waals surface area contributed by atoms with Crippen LogP contribution in [-0.4, -0.2) is 53.0 Å². The molecule has 8 heteroatoms. The quantitative estimate of drug-likeness (QED) is 0.114. The Morgan fingerprint density at radius 3 is 1.66 bits per heavy atom. The fourth-order valence-corrected chi connectivity index (χ4v) is 10.9. The first-order valence-corrected chi connectivity index (χ1v) is 17.7. The van der Waals surface area contributed by atoms with Gasteiger partial charge < -0.3 is 9.53 Å². The third-order valence-electron chi connectivity index (χ3n) is 7.10. The normalized spacial score (nSPS) is 17.4. The molecule has 0 heterocycles. The Bertz CT molecular complexity index is 870. The van der Waals surface area contributed by atoms with Gasteiger partial charge in [0.25, 0.3) is 8.32 Å². The van der Waals surface area contributed by atoms with Crippen LogP contribution in [0.3, 0.4) is 0 Å². The van der Waals surface area contributed by atoms with Gasteiger partial charge in [-0.15, -0.1) is 58.0 Å². The number of benzene rings is 2. The van der Waals surface area contributed by atoms with E-state index in [0.717, 1.165) is 45.1 Å². The van der Waals surface area contributed by atoms with E-state index in [1.807, 2.05) is 0 Å². The maximum absolute atomic E-state index is 10.3. The lowest BCUT2D eigenvalue weighted by Gasteiger charge is -2.43. The summed E-state index contributed by atoms with van der Waals surface area (Å²) in [5.74, 6) is 0. The minimum Gasteiger partial charge on any atom is -0.407 e. The van der Waals surface area contributed by atoms with Crippen LogP contribution in [0.2, 0.25) is 5.04 Å². The van der Waals surface area contributed by atoms with Crippen molar-refractivity contribution in [1.29, 1.82) is 0 Å². The summed E-state index contributed by atoms with van der Waals surface area (Å²) in [4.78, 5) is 0. The zero-order valence-electron chi connectivity index (χ0n) is 22.9. The van der Waals surface area contributed by atoms with Crippen LogP contribution in [0.5, 0.6) is 0 Å². The van der Waals surface area contributed by atoms with Crippen LogP contribution in [-0.2, 0) is 4.43 Å². The van der Waals surface area contributed by atoms with Gasteiger partial charge in [0.2, 0.25) is 0 Å². The van der Waals surface area contributed by atoms with Crippen molar-refractivity contribution >= 4 is 76.7 Å². The second kappa shape index (κ2) is 16.5. The van der Waals surface area contributed by atoms with E-state index in [-0.39, 0.29) is 10.4 Å². The second-order valence-electron chi connectivity index (χ2n) is 11.1. The molecular weight excluding hydrogens is 598 g/mol. The lowest BCUT2D eigenvalue weighted by Crippen LogP contribution is -2.66. The van der Waals surface area contributed by atoms with Gasteiger partial charge in [0.05, 0.1) is 27.6 Å². The van der Waals surface area contributed by atoms with Crippen molar-refractivity contribution in [3.05, 3.63) is 60.7 Å². The Morgan fingerprint density at radius 1 is 0.711 bits per heavy atom. The van der Waals surface area contributed by atoms with Crippen molar-refractivity contribution in [1.82, 2.24) is 0 Å². The van der Waals surface area contributed by atoms with Gasteiger partial charge >= 0.3 is 0 Å². The highest BCUT2D eigenvalue weighted by Gasteiger charge is 2.49. The molecule has 0 spiro atoms. The number of rotatable bonds is 16. The van der Waals surface area contributed by atoms with Crippen LogP contribution in [0.4, 0.5) is 0 Å². The largest absolute Gasteiger partial charge is 0.407 e. The van der Waals surface area contributed by atoms with E-state index in [1.165, 1.54) is 10.4 Å². The average molecular weight is 641 g/mol. The Labute approximate surface area is 256 Å². The molecule has 0 amide bonds. The van der Waals surface area contributed by atoms with Crippen molar-refractivity contribution in [2.75, 3.05) is 6.61 Å². The zero-order chi connectivity index (χ0) is 28.3. The molecule has 0 radical (unpaired) electrons. The Kier molecular flexibility index (Phi) is 14.8. The van der Waals surface area contributed by atoms with Crippen LogP contribution in [0.25, 0.3) is 0 Å². The summed E-state index contributed by atoms with van der Waals surface area (Å²) in [6.07, 6.45) is 4.91. The molecule has 0 saturated carbocycles. The molecule has 0 unspecified atom stereocenters. The molecule has 2 aromatic carbocycles. The van der Waals surface area contributed by atoms with Crippen LogP contribution in [0.15, 0.2) is 60.7 Å². The van der Waals surface area contributed by atoms with E-state index < -0.39 is 35.9 Å². The fraction of sp³-hybridized carbons (Fsp3) is 0.600. The number of hydrogen-bond acceptors (Lipinski definition) is 2. The molecule has 2 rings (SSSR count). The van der Waals surface area contributed by atoms with Crippen molar-refractivity contribution in [3.63, 3.8) is 0 Å². The highest BCUT2D eigenvalue weighted by Crippen LogP contribution is 2.37. The van der Waals surface area contributed by atoms with Gasteiger partial charge in [-0.1, -0.05) is 107 Å². The van der Waals surface area contributed by atoms with Gasteiger partial charge in [0, 0.05) is 12.0 Å². The molecule has 0 saturated heterocycles. The van der Waals surface area contributed by atoms with Crippen molar-refractivity contribution < 1.29 is 9.53 Å². The summed E-state index contributed by atoms with van der Waals surface area (Å²) in [6, 6.07) is 21.5. The minimum absolute atomic E-state index is 0.0116. The van der Waals surface area contributed by atoms with Gasteiger partial charge in [0.15, 0.2) is 0 Å². The summed E-state index contributed by atoms with van der Waals surface area (Å²) < 4.78 is 6.97. The number of hydrogen-bond donors (Lipinski definition) is 1. The molecule has 38 heavy (non-hydrogen) atoms. The molecule has 0 fully saturated rings. The molecule has 1 N–H and O–H groups in total. The standard InChI is InChI=1S/C30H43Cl5O2Si/c1-22(31)26(33)29(36)28(35)27(34)25(32)20-14-6-5-7-15-21-37-38(30(2,3)4,23-16-10-8-11-17-23)24-18-12-9-13-19-24/h8-13,16-19,22,25-29,36H,5-7,14-15,20-21H2,1-4H3/t22-,25+,26-,27-,28+,29+/m0/s1. The van der Waals surface area contributed by atoms with Crippen molar-refractivity contribution in [3.8, 4) is 0 Å². The molecule has 2 aromatic rings. The third-order valence-corrected chi connectivity index (χ3v) is 15.0. The van der Waals surface area contributed by atoms with Crippen LogP contribution < -0.4 is 10.4 Å². The predicted octanol–water partition coefficient (Wildman–Crippen LogP) is 8.32. The monoisotopic (exact) mass is 638 g/mol. The Morgan fingerprint density at radius 2 is 1.18 bits per heavy atom. The molecule has 214 valence electrons. The lowest BCUT2D eigenvalue weighted by molar-refractivity contribution is 0.160. The van der Waals surface area contributed by atoms with E-state index in [0.29, 0.717) is 0 Å². The fourth-order valence-electron chi connectivity index (χ4n) is 4.95. The van der Waals surface area contributed by atoms with Crippen LogP contribution in [0, 0.1) is 0 Å². The Balaban J connectivity index is 1.85. The zero-order valence-corrected chi connectivity index (χ0v) is 27.7. The van der Waals surface area contributed by atoms with E-state index in [9.17, 15) is 5.11 Å². The highest BCUT2D eigenvalue weighted by molar-refractivity contribution is 6.99. The molecule has 2 nitrogen and oxygen atoms in total. The first-order chi connectivity index (χ1) is 17.9. The Hall–Kier alpha value is 0.0269. The molecular formula is C30H43Cl5O2Si. The molecule has 0 aromatic heterocycles. The minimum atomic E-state index is -2.47. The summed E-state index contributed by atoms with van der Waals surface area (Å²) in [5.41, 5.74) is 0. The number of halogens is 5. The maximum Gasteiger partial charge on any atom is 0.261 e. The van der Waals surface area contributed by atoms with Crippen LogP contribution >= 0.6 is 58.0 Å². The number of alkyl halides is 5. The molecule has 0 aliphatic heterocycles. The molecule has 6 atom stereocenters. The summed E-state index contributed by atoms with van der Waals surface area (Å²) in [6.45, 7) is 9.37. The predicted molar refractivity (Wildman–Crippen MR) is 171 cm³/mol. The smallest absolute Gasteiger partial charge is 0.261 e. The molecule has 0 aliphatic carbocycles. The van der Waals surface area contributed by atoms with Crippen molar-refractivity contribution in [2.24, 2.45) is 0 Å². The van der Waals surface area contributed by atoms with Gasteiger partial charge in [-0.05, 0) is 35.2 Å². The van der Waals surface area contributed by atoms with E-state index >= 15 is 0 Å².